The fraction of sp³-hybridized carbons (Fsp3) is 0.167. The molecule has 2 aromatic carbocycles. The lowest BCUT2D eigenvalue weighted by atomic mass is 10.2. The number of nitrogens with one attached hydrogen (secondary N) is 1. The highest BCUT2D eigenvalue weighted by Gasteiger charge is 2.18. The normalized spacial score (nSPS) is 11.4. The number of hydrogen-bond donors (Lipinski definition) is 1. The standard InChI is InChI=1S/C18H18N4O5S/c1-22(2)28(24,25)15-10-6-13(7-11-15)17-20-21-18(27-17)19-16(23)12-4-8-14(26-3)9-5-12/h4-11H,1-3H3,(H,19,21,23). The maximum Gasteiger partial charge on any atom is 0.322 e. The molecule has 0 atom stereocenters. The monoisotopic (exact) mass is 402 g/mol. The average Bonchev–Trinajstić information content (AvgIpc) is 3.16. The summed E-state index contributed by atoms with van der Waals surface area (Å²) in [5, 5.41) is 10.2. The van der Waals surface area contributed by atoms with E-state index >= 15 is 0 Å². The van der Waals surface area contributed by atoms with Crippen LogP contribution in [0.25, 0.3) is 11.5 Å². The molecule has 0 fully saturated rings. The Morgan fingerprint density at radius 2 is 1.68 bits per heavy atom. The van der Waals surface area contributed by atoms with Gasteiger partial charge >= 0.3 is 6.01 Å². The Morgan fingerprint density at radius 1 is 1.04 bits per heavy atom. The maximum atomic E-state index is 12.2. The van der Waals surface area contributed by atoms with E-state index in [-0.39, 0.29) is 16.8 Å². The quantitative estimate of drug-likeness (QED) is 0.672. The molecule has 0 aliphatic carbocycles. The van der Waals surface area contributed by atoms with E-state index in [0.29, 0.717) is 16.9 Å². The molecule has 10 heteroatoms. The van der Waals surface area contributed by atoms with Gasteiger partial charge in [-0.25, -0.2) is 12.7 Å². The van der Waals surface area contributed by atoms with Gasteiger partial charge in [0.05, 0.1) is 12.0 Å². The summed E-state index contributed by atoms with van der Waals surface area (Å²) in [7, 11) is 0.932. The summed E-state index contributed by atoms with van der Waals surface area (Å²) in [5.74, 6) is 0.375. The highest BCUT2D eigenvalue weighted by molar-refractivity contribution is 7.89. The van der Waals surface area contributed by atoms with Crippen LogP contribution in [0.15, 0.2) is 57.8 Å². The number of carbonyl (C=O) groups is 1. The molecule has 0 spiro atoms. The number of aromatic nitrogens is 2. The molecule has 1 N–H and O–H groups in total. The smallest absolute Gasteiger partial charge is 0.322 e. The third-order valence-electron chi connectivity index (χ3n) is 3.88. The Kier molecular flexibility index (Phi) is 5.43. The number of benzene rings is 2. The lowest BCUT2D eigenvalue weighted by Crippen LogP contribution is -2.22. The zero-order valence-corrected chi connectivity index (χ0v) is 16.2. The Balaban J connectivity index is 1.74. The van der Waals surface area contributed by atoms with Crippen LogP contribution in [0.4, 0.5) is 6.01 Å². The molecule has 0 radical (unpaired) electrons. The van der Waals surface area contributed by atoms with Gasteiger partial charge in [0, 0.05) is 25.2 Å². The number of hydrogen-bond acceptors (Lipinski definition) is 7. The van der Waals surface area contributed by atoms with Crippen LogP contribution >= 0.6 is 0 Å². The van der Waals surface area contributed by atoms with Gasteiger partial charge < -0.3 is 9.15 Å². The number of carbonyl (C=O) groups excluding carboxylic acids is 1. The molecule has 0 saturated heterocycles. The molecule has 0 bridgehead atoms. The Morgan fingerprint density at radius 3 is 2.25 bits per heavy atom. The van der Waals surface area contributed by atoms with E-state index in [1.165, 1.54) is 33.3 Å². The molecule has 146 valence electrons. The van der Waals surface area contributed by atoms with Crippen molar-refractivity contribution in [1.82, 2.24) is 14.5 Å². The van der Waals surface area contributed by atoms with Crippen molar-refractivity contribution in [3.8, 4) is 17.2 Å². The second kappa shape index (κ2) is 7.79. The van der Waals surface area contributed by atoms with Gasteiger partial charge in [-0.15, -0.1) is 5.10 Å². The number of nitrogens with zero attached hydrogens (tertiary/aromatic N) is 3. The molecular weight excluding hydrogens is 384 g/mol. The lowest BCUT2D eigenvalue weighted by Gasteiger charge is -2.11. The summed E-state index contributed by atoms with van der Waals surface area (Å²) in [6.07, 6.45) is 0. The maximum absolute atomic E-state index is 12.2. The summed E-state index contributed by atoms with van der Waals surface area (Å²) < 4.78 is 35.8. The van der Waals surface area contributed by atoms with Crippen LogP contribution in [-0.4, -0.2) is 50.0 Å². The minimum atomic E-state index is -3.52. The highest BCUT2D eigenvalue weighted by atomic mass is 32.2. The number of sulfonamides is 1. The number of amides is 1. The van der Waals surface area contributed by atoms with E-state index in [9.17, 15) is 13.2 Å². The summed E-state index contributed by atoms with van der Waals surface area (Å²) in [4.78, 5) is 12.4. The van der Waals surface area contributed by atoms with Gasteiger partial charge in [0.25, 0.3) is 5.91 Å². The lowest BCUT2D eigenvalue weighted by molar-refractivity contribution is 0.102. The minimum absolute atomic E-state index is 0.0687. The summed E-state index contributed by atoms with van der Waals surface area (Å²) in [6, 6.07) is 12.5. The average molecular weight is 402 g/mol. The van der Waals surface area contributed by atoms with Crippen molar-refractivity contribution in [3.63, 3.8) is 0 Å². The zero-order chi connectivity index (χ0) is 20.3. The van der Waals surface area contributed by atoms with Crippen molar-refractivity contribution in [2.75, 3.05) is 26.5 Å². The molecule has 3 aromatic rings. The first-order valence-corrected chi connectivity index (χ1v) is 9.57. The number of rotatable bonds is 6. The number of methoxy groups -OCH3 is 1. The predicted octanol–water partition coefficient (Wildman–Crippen LogP) is 2.25. The first kappa shape index (κ1) is 19.5. The molecular formula is C18H18N4O5S. The molecule has 1 heterocycles. The van der Waals surface area contributed by atoms with Crippen molar-refractivity contribution >= 4 is 21.9 Å². The third-order valence-corrected chi connectivity index (χ3v) is 5.71. The van der Waals surface area contributed by atoms with Gasteiger partial charge in [-0.2, -0.15) is 0 Å². The molecule has 9 nitrogen and oxygen atoms in total. The van der Waals surface area contributed by atoms with Gasteiger partial charge in [-0.1, -0.05) is 5.10 Å². The van der Waals surface area contributed by atoms with Crippen molar-refractivity contribution in [1.29, 1.82) is 0 Å². The Hall–Kier alpha value is -3.24. The van der Waals surface area contributed by atoms with E-state index in [4.69, 9.17) is 9.15 Å². The largest absolute Gasteiger partial charge is 0.497 e. The van der Waals surface area contributed by atoms with Gasteiger partial charge in [0.1, 0.15) is 5.75 Å². The summed E-state index contributed by atoms with van der Waals surface area (Å²) >= 11 is 0. The second-order valence-electron chi connectivity index (χ2n) is 5.91. The molecule has 28 heavy (non-hydrogen) atoms. The fourth-order valence-corrected chi connectivity index (χ4v) is 3.18. The van der Waals surface area contributed by atoms with E-state index < -0.39 is 15.9 Å². The SMILES string of the molecule is COc1ccc(C(=O)Nc2nnc(-c3ccc(S(=O)(=O)N(C)C)cc3)o2)cc1. The van der Waals surface area contributed by atoms with Crippen LogP contribution in [0.2, 0.25) is 0 Å². The van der Waals surface area contributed by atoms with Crippen molar-refractivity contribution in [2.45, 2.75) is 4.90 Å². The van der Waals surface area contributed by atoms with Crippen LogP contribution in [0.3, 0.4) is 0 Å². The molecule has 0 aliphatic heterocycles. The van der Waals surface area contributed by atoms with E-state index in [2.05, 4.69) is 15.5 Å². The first-order valence-electron chi connectivity index (χ1n) is 8.13. The van der Waals surface area contributed by atoms with Crippen LogP contribution in [0.5, 0.6) is 5.75 Å². The molecule has 1 amide bonds. The summed E-state index contributed by atoms with van der Waals surface area (Å²) in [5.41, 5.74) is 0.925. The van der Waals surface area contributed by atoms with Crippen LogP contribution < -0.4 is 10.1 Å². The Labute approximate surface area is 162 Å². The molecule has 0 unspecified atom stereocenters. The van der Waals surface area contributed by atoms with Gasteiger partial charge in [-0.05, 0) is 48.5 Å². The van der Waals surface area contributed by atoms with Gasteiger partial charge in [-0.3, -0.25) is 10.1 Å². The highest BCUT2D eigenvalue weighted by Crippen LogP contribution is 2.23. The van der Waals surface area contributed by atoms with E-state index in [1.807, 2.05) is 0 Å². The molecule has 0 saturated carbocycles. The fourth-order valence-electron chi connectivity index (χ4n) is 2.28. The van der Waals surface area contributed by atoms with E-state index in [0.717, 1.165) is 4.31 Å². The second-order valence-corrected chi connectivity index (χ2v) is 8.06. The molecule has 3 rings (SSSR count). The van der Waals surface area contributed by atoms with Crippen molar-refractivity contribution in [2.24, 2.45) is 0 Å². The van der Waals surface area contributed by atoms with Crippen molar-refractivity contribution < 1.29 is 22.4 Å². The summed E-state index contributed by atoms with van der Waals surface area (Å²) in [6.45, 7) is 0. The number of ether oxygens (including phenoxy) is 1. The molecule has 0 aliphatic rings. The van der Waals surface area contributed by atoms with Crippen molar-refractivity contribution in [3.05, 3.63) is 54.1 Å². The number of anilines is 1. The van der Waals surface area contributed by atoms with Crippen LogP contribution in [0, 0.1) is 0 Å². The topological polar surface area (TPSA) is 115 Å². The third kappa shape index (κ3) is 4.02. The Bertz CT molecular complexity index is 1070. The minimum Gasteiger partial charge on any atom is -0.497 e. The van der Waals surface area contributed by atoms with Gasteiger partial charge in [0.15, 0.2) is 0 Å². The first-order chi connectivity index (χ1) is 13.3. The predicted molar refractivity (Wildman–Crippen MR) is 102 cm³/mol. The van der Waals surface area contributed by atoms with Crippen LogP contribution in [-0.2, 0) is 10.0 Å². The van der Waals surface area contributed by atoms with Crippen LogP contribution in [0.1, 0.15) is 10.4 Å². The molecule has 1 aromatic heterocycles. The zero-order valence-electron chi connectivity index (χ0n) is 15.4. The van der Waals surface area contributed by atoms with E-state index in [1.54, 1.807) is 36.4 Å². The van der Waals surface area contributed by atoms with Gasteiger partial charge in [0.2, 0.25) is 15.9 Å².